The fourth-order valence-corrected chi connectivity index (χ4v) is 5.46. The molecule has 3 atom stereocenters. The molecular formula is C28H29N. The molecule has 0 aliphatic heterocycles. The monoisotopic (exact) mass is 379 g/mol. The Morgan fingerprint density at radius 3 is 2.38 bits per heavy atom. The van der Waals surface area contributed by atoms with Gasteiger partial charge in [0.25, 0.3) is 0 Å². The molecule has 1 aromatic heterocycles. The van der Waals surface area contributed by atoms with Crippen LogP contribution in [0.1, 0.15) is 77.5 Å². The number of fused-ring (bicyclic) bond motifs is 1. The van der Waals surface area contributed by atoms with E-state index in [2.05, 4.69) is 68.1 Å². The largest absolute Gasteiger partial charge is 0.261 e. The summed E-state index contributed by atoms with van der Waals surface area (Å²) in [6.45, 7) is 6.15. The summed E-state index contributed by atoms with van der Waals surface area (Å²) in [5, 5.41) is 0. The zero-order chi connectivity index (χ0) is 19.8. The molecule has 1 heterocycles. The van der Waals surface area contributed by atoms with Gasteiger partial charge in [0.2, 0.25) is 0 Å². The highest BCUT2D eigenvalue weighted by Gasteiger charge is 2.37. The highest BCUT2D eigenvalue weighted by molar-refractivity contribution is 5.61. The molecule has 1 fully saturated rings. The van der Waals surface area contributed by atoms with Crippen molar-refractivity contribution in [2.45, 2.75) is 56.8 Å². The Labute approximate surface area is 174 Å². The lowest BCUT2D eigenvalue weighted by atomic mass is 9.85. The molecular weight excluding hydrogens is 350 g/mol. The number of aryl methyl sites for hydroxylation is 2. The first-order valence-electron chi connectivity index (χ1n) is 11.0. The summed E-state index contributed by atoms with van der Waals surface area (Å²) in [4.78, 5) is 4.76. The van der Waals surface area contributed by atoms with E-state index in [9.17, 15) is 0 Å². The molecule has 0 N–H and O–H groups in total. The first kappa shape index (κ1) is 18.4. The zero-order valence-electron chi connectivity index (χ0n) is 17.3. The van der Waals surface area contributed by atoms with E-state index in [1.54, 1.807) is 11.1 Å². The van der Waals surface area contributed by atoms with Crippen molar-refractivity contribution < 1.29 is 0 Å². The maximum Gasteiger partial charge on any atom is 0.0440 e. The van der Waals surface area contributed by atoms with Gasteiger partial charge in [-0.05, 0) is 90.8 Å². The second-order valence-electron chi connectivity index (χ2n) is 8.92. The smallest absolute Gasteiger partial charge is 0.0440 e. The molecule has 5 rings (SSSR count). The molecule has 1 saturated carbocycles. The first-order chi connectivity index (χ1) is 14.2. The van der Waals surface area contributed by atoms with Crippen LogP contribution in [0.25, 0.3) is 5.57 Å². The van der Waals surface area contributed by atoms with E-state index >= 15 is 0 Å². The van der Waals surface area contributed by atoms with Crippen LogP contribution in [0.2, 0.25) is 0 Å². The number of benzene rings is 2. The number of hydrogen-bond acceptors (Lipinski definition) is 1. The third kappa shape index (κ3) is 3.55. The normalized spacial score (nSPS) is 23.1. The van der Waals surface area contributed by atoms with Gasteiger partial charge in [-0.15, -0.1) is 0 Å². The summed E-state index contributed by atoms with van der Waals surface area (Å²) in [7, 11) is 0. The third-order valence-corrected chi connectivity index (χ3v) is 7.06. The van der Waals surface area contributed by atoms with Gasteiger partial charge in [0.1, 0.15) is 0 Å². The SMILES string of the molecule is C=C(C)c1ccc(C2CC(c3ccc4c(c3)CCC4)C(c3ccccn3)C2)cc1. The van der Waals surface area contributed by atoms with Crippen molar-refractivity contribution in [3.05, 3.63) is 107 Å². The summed E-state index contributed by atoms with van der Waals surface area (Å²) < 4.78 is 0. The quantitative estimate of drug-likeness (QED) is 0.473. The van der Waals surface area contributed by atoms with E-state index in [4.69, 9.17) is 4.98 Å². The van der Waals surface area contributed by atoms with Gasteiger partial charge in [-0.25, -0.2) is 0 Å². The number of allylic oxidation sites excluding steroid dienone is 1. The lowest BCUT2D eigenvalue weighted by molar-refractivity contribution is 0.607. The fourth-order valence-electron chi connectivity index (χ4n) is 5.46. The van der Waals surface area contributed by atoms with Gasteiger partial charge in [-0.2, -0.15) is 0 Å². The average Bonchev–Trinajstić information content (AvgIpc) is 3.41. The van der Waals surface area contributed by atoms with Crippen LogP contribution in [0, 0.1) is 0 Å². The van der Waals surface area contributed by atoms with E-state index in [0.29, 0.717) is 17.8 Å². The van der Waals surface area contributed by atoms with Crippen LogP contribution in [0.4, 0.5) is 0 Å². The Morgan fingerprint density at radius 2 is 1.62 bits per heavy atom. The van der Waals surface area contributed by atoms with Crippen LogP contribution in [0.3, 0.4) is 0 Å². The predicted molar refractivity (Wildman–Crippen MR) is 121 cm³/mol. The topological polar surface area (TPSA) is 12.9 Å². The molecule has 2 aliphatic carbocycles. The summed E-state index contributed by atoms with van der Waals surface area (Å²) in [5.74, 6) is 1.61. The molecule has 1 nitrogen and oxygen atoms in total. The molecule has 0 amide bonds. The Balaban J connectivity index is 1.48. The van der Waals surface area contributed by atoms with E-state index in [0.717, 1.165) is 5.57 Å². The first-order valence-corrected chi connectivity index (χ1v) is 11.0. The molecule has 0 radical (unpaired) electrons. The summed E-state index contributed by atoms with van der Waals surface area (Å²) >= 11 is 0. The van der Waals surface area contributed by atoms with Crippen LogP contribution in [0.15, 0.2) is 73.4 Å². The molecule has 0 saturated heterocycles. The number of aromatic nitrogens is 1. The minimum Gasteiger partial charge on any atom is -0.261 e. The van der Waals surface area contributed by atoms with Crippen molar-refractivity contribution in [3.63, 3.8) is 0 Å². The van der Waals surface area contributed by atoms with E-state index in [1.165, 1.54) is 54.5 Å². The van der Waals surface area contributed by atoms with Gasteiger partial charge >= 0.3 is 0 Å². The summed E-state index contributed by atoms with van der Waals surface area (Å²) in [6.07, 6.45) is 8.13. The Kier molecular flexibility index (Phi) is 4.83. The number of pyridine rings is 1. The fraction of sp³-hybridized carbons (Fsp3) is 0.321. The predicted octanol–water partition coefficient (Wildman–Crippen LogP) is 7.05. The molecule has 2 aromatic carbocycles. The van der Waals surface area contributed by atoms with Crippen molar-refractivity contribution >= 4 is 5.57 Å². The average molecular weight is 380 g/mol. The molecule has 146 valence electrons. The molecule has 3 unspecified atom stereocenters. The maximum atomic E-state index is 4.76. The van der Waals surface area contributed by atoms with E-state index < -0.39 is 0 Å². The highest BCUT2D eigenvalue weighted by Crippen LogP contribution is 2.52. The second-order valence-corrected chi connectivity index (χ2v) is 8.92. The molecule has 1 heteroatoms. The van der Waals surface area contributed by atoms with E-state index in [-0.39, 0.29) is 0 Å². The maximum absolute atomic E-state index is 4.76. The van der Waals surface area contributed by atoms with Crippen molar-refractivity contribution in [1.29, 1.82) is 0 Å². The standard InChI is InChI=1S/C28H29N/c1-19(2)20-9-11-22(12-10-20)25-17-26(27(18-25)28-8-3-4-15-29-28)24-14-13-21-6-5-7-23(21)16-24/h3-4,8-16,25-27H,1,5-7,17-18H2,2H3. The van der Waals surface area contributed by atoms with Crippen molar-refractivity contribution in [2.75, 3.05) is 0 Å². The molecule has 3 aromatic rings. The summed E-state index contributed by atoms with van der Waals surface area (Å²) in [6, 6.07) is 22.8. The minimum absolute atomic E-state index is 0.487. The van der Waals surface area contributed by atoms with Crippen molar-refractivity contribution in [3.8, 4) is 0 Å². The van der Waals surface area contributed by atoms with Crippen LogP contribution >= 0.6 is 0 Å². The van der Waals surface area contributed by atoms with Gasteiger partial charge in [0, 0.05) is 17.8 Å². The van der Waals surface area contributed by atoms with Gasteiger partial charge < -0.3 is 0 Å². The number of nitrogens with zero attached hydrogens (tertiary/aromatic N) is 1. The highest BCUT2D eigenvalue weighted by atomic mass is 14.7. The minimum atomic E-state index is 0.487. The molecule has 0 bridgehead atoms. The number of hydrogen-bond donors (Lipinski definition) is 0. The zero-order valence-corrected chi connectivity index (χ0v) is 17.3. The van der Waals surface area contributed by atoms with Crippen molar-refractivity contribution in [1.82, 2.24) is 4.98 Å². The van der Waals surface area contributed by atoms with Crippen LogP contribution in [-0.4, -0.2) is 4.98 Å². The second kappa shape index (κ2) is 7.63. The van der Waals surface area contributed by atoms with Gasteiger partial charge in [-0.1, -0.05) is 60.7 Å². The van der Waals surface area contributed by atoms with Gasteiger partial charge in [0.05, 0.1) is 0 Å². The van der Waals surface area contributed by atoms with Crippen LogP contribution < -0.4 is 0 Å². The van der Waals surface area contributed by atoms with Gasteiger partial charge in [0.15, 0.2) is 0 Å². The Morgan fingerprint density at radius 1 is 0.862 bits per heavy atom. The lowest BCUT2D eigenvalue weighted by Crippen LogP contribution is -2.07. The Hall–Kier alpha value is -2.67. The lowest BCUT2D eigenvalue weighted by Gasteiger charge is -2.20. The number of rotatable bonds is 4. The summed E-state index contributed by atoms with van der Waals surface area (Å²) in [5.41, 5.74) is 9.74. The van der Waals surface area contributed by atoms with Crippen LogP contribution in [0.5, 0.6) is 0 Å². The van der Waals surface area contributed by atoms with Crippen LogP contribution in [-0.2, 0) is 12.8 Å². The Bertz CT molecular complexity index is 1020. The van der Waals surface area contributed by atoms with E-state index in [1.807, 2.05) is 12.3 Å². The molecule has 0 spiro atoms. The third-order valence-electron chi connectivity index (χ3n) is 7.06. The van der Waals surface area contributed by atoms with Crippen molar-refractivity contribution in [2.24, 2.45) is 0 Å². The van der Waals surface area contributed by atoms with Gasteiger partial charge in [-0.3, -0.25) is 4.98 Å². The molecule has 29 heavy (non-hydrogen) atoms. The molecule has 2 aliphatic rings.